The predicted octanol–water partition coefficient (Wildman–Crippen LogP) is 5.29. The van der Waals surface area contributed by atoms with E-state index in [1.165, 1.54) is 0 Å². The SMILES string of the molecule is O=C1CC2(CCN(C(=O)c3ccn4cc(-c5ccccc5)nc4c3)CC2)Oc2ccc(Cl)cc21. The molecule has 2 aliphatic rings. The van der Waals surface area contributed by atoms with Gasteiger partial charge < -0.3 is 14.0 Å². The van der Waals surface area contributed by atoms with E-state index in [1.54, 1.807) is 18.2 Å². The fourth-order valence-electron chi connectivity index (χ4n) is 4.91. The maximum Gasteiger partial charge on any atom is 0.254 e. The van der Waals surface area contributed by atoms with Crippen LogP contribution in [-0.4, -0.2) is 44.7 Å². The molecule has 0 N–H and O–H groups in total. The molecule has 0 unspecified atom stereocenters. The fourth-order valence-corrected chi connectivity index (χ4v) is 5.08. The van der Waals surface area contributed by atoms with Gasteiger partial charge in [0.05, 0.1) is 17.7 Å². The Hall–Kier alpha value is -3.64. The van der Waals surface area contributed by atoms with Crippen molar-refractivity contribution >= 4 is 28.9 Å². The highest BCUT2D eigenvalue weighted by atomic mass is 35.5. The number of carbonyl (C=O) groups is 2. The molecule has 4 aromatic rings. The van der Waals surface area contributed by atoms with Gasteiger partial charge in [-0.1, -0.05) is 41.9 Å². The molecule has 7 heteroatoms. The summed E-state index contributed by atoms with van der Waals surface area (Å²) in [6.45, 7) is 1.06. The summed E-state index contributed by atoms with van der Waals surface area (Å²) in [5, 5.41) is 0.525. The van der Waals surface area contributed by atoms with E-state index in [-0.39, 0.29) is 11.7 Å². The van der Waals surface area contributed by atoms with Crippen molar-refractivity contribution in [3.8, 4) is 17.0 Å². The second-order valence-electron chi connectivity index (χ2n) is 8.99. The first-order valence-electron chi connectivity index (χ1n) is 11.3. The monoisotopic (exact) mass is 471 g/mol. The topological polar surface area (TPSA) is 63.9 Å². The van der Waals surface area contributed by atoms with Crippen LogP contribution in [0.1, 0.15) is 40.0 Å². The van der Waals surface area contributed by atoms with Crippen molar-refractivity contribution < 1.29 is 14.3 Å². The van der Waals surface area contributed by atoms with E-state index in [4.69, 9.17) is 21.3 Å². The minimum Gasteiger partial charge on any atom is -0.486 e. The molecule has 1 fully saturated rings. The molecule has 170 valence electrons. The third-order valence-electron chi connectivity index (χ3n) is 6.79. The number of likely N-dealkylation sites (tertiary alicyclic amines) is 1. The van der Waals surface area contributed by atoms with Gasteiger partial charge in [0.1, 0.15) is 17.0 Å². The van der Waals surface area contributed by atoms with Crippen LogP contribution in [0.2, 0.25) is 5.02 Å². The average Bonchev–Trinajstić information content (AvgIpc) is 3.29. The molecule has 6 rings (SSSR count). The standard InChI is InChI=1S/C27H22ClN3O3/c28-20-6-7-24-21(15-20)23(32)16-27(34-24)9-12-30(13-10-27)26(33)19-8-11-31-17-22(29-25(31)14-19)18-4-2-1-3-5-18/h1-8,11,14-15,17H,9-10,12-13,16H2. The lowest BCUT2D eigenvalue weighted by Crippen LogP contribution is -2.52. The van der Waals surface area contributed by atoms with Crippen molar-refractivity contribution in [1.82, 2.24) is 14.3 Å². The number of fused-ring (bicyclic) bond motifs is 2. The van der Waals surface area contributed by atoms with Gasteiger partial charge in [0.15, 0.2) is 5.78 Å². The molecule has 1 spiro atoms. The fraction of sp³-hybridized carbons (Fsp3) is 0.222. The Kier molecular flexibility index (Phi) is 4.92. The maximum atomic E-state index is 13.3. The van der Waals surface area contributed by atoms with Crippen LogP contribution in [0.3, 0.4) is 0 Å². The van der Waals surface area contributed by atoms with Gasteiger partial charge >= 0.3 is 0 Å². The summed E-state index contributed by atoms with van der Waals surface area (Å²) in [5.74, 6) is 0.595. The second kappa shape index (κ2) is 7.99. The number of imidazole rings is 1. The number of pyridine rings is 1. The highest BCUT2D eigenvalue weighted by Crippen LogP contribution is 2.40. The normalized spacial score (nSPS) is 17.0. The highest BCUT2D eigenvalue weighted by molar-refractivity contribution is 6.31. The minimum atomic E-state index is -0.563. The predicted molar refractivity (Wildman–Crippen MR) is 130 cm³/mol. The summed E-state index contributed by atoms with van der Waals surface area (Å²) in [6, 6.07) is 18.8. The summed E-state index contributed by atoms with van der Waals surface area (Å²) >= 11 is 6.04. The smallest absolute Gasteiger partial charge is 0.254 e. The summed E-state index contributed by atoms with van der Waals surface area (Å²) in [6.07, 6.45) is 5.36. The van der Waals surface area contributed by atoms with E-state index < -0.39 is 5.60 Å². The first-order chi connectivity index (χ1) is 16.5. The number of Topliss-reactive ketones (excluding diaryl/α,β-unsaturated/α-hetero) is 1. The molecule has 4 heterocycles. The van der Waals surface area contributed by atoms with Crippen LogP contribution in [0.25, 0.3) is 16.9 Å². The molecular formula is C27H22ClN3O3. The first kappa shape index (κ1) is 20.9. The van der Waals surface area contributed by atoms with Gasteiger partial charge in [-0.2, -0.15) is 0 Å². The van der Waals surface area contributed by atoms with E-state index in [0.29, 0.717) is 54.3 Å². The van der Waals surface area contributed by atoms with Gasteiger partial charge in [-0.05, 0) is 30.3 Å². The van der Waals surface area contributed by atoms with E-state index >= 15 is 0 Å². The maximum absolute atomic E-state index is 13.3. The van der Waals surface area contributed by atoms with E-state index in [1.807, 2.05) is 64.2 Å². The molecule has 0 bridgehead atoms. The number of piperidine rings is 1. The second-order valence-corrected chi connectivity index (χ2v) is 9.43. The van der Waals surface area contributed by atoms with Gasteiger partial charge in [-0.3, -0.25) is 9.59 Å². The molecule has 0 radical (unpaired) electrons. The van der Waals surface area contributed by atoms with Crippen molar-refractivity contribution in [2.24, 2.45) is 0 Å². The van der Waals surface area contributed by atoms with Gasteiger partial charge in [0.2, 0.25) is 0 Å². The molecule has 34 heavy (non-hydrogen) atoms. The summed E-state index contributed by atoms with van der Waals surface area (Å²) in [7, 11) is 0. The van der Waals surface area contributed by atoms with Crippen LogP contribution in [0.5, 0.6) is 5.75 Å². The molecular weight excluding hydrogens is 450 g/mol. The Bertz CT molecular complexity index is 1420. The Morgan fingerprint density at radius 2 is 1.82 bits per heavy atom. The number of carbonyl (C=O) groups excluding carboxylic acids is 2. The van der Waals surface area contributed by atoms with Gasteiger partial charge in [0, 0.05) is 54.5 Å². The Morgan fingerprint density at radius 3 is 2.62 bits per heavy atom. The van der Waals surface area contributed by atoms with Crippen LogP contribution in [0, 0.1) is 0 Å². The quantitative estimate of drug-likeness (QED) is 0.398. The lowest BCUT2D eigenvalue weighted by Gasteiger charge is -2.44. The molecule has 2 aliphatic heterocycles. The molecule has 0 saturated carbocycles. The number of hydrogen-bond donors (Lipinski definition) is 0. The third kappa shape index (κ3) is 3.64. The largest absolute Gasteiger partial charge is 0.486 e. The first-order valence-corrected chi connectivity index (χ1v) is 11.7. The number of rotatable bonds is 2. The number of hydrogen-bond acceptors (Lipinski definition) is 4. The molecule has 1 amide bonds. The molecule has 2 aromatic heterocycles. The summed E-state index contributed by atoms with van der Waals surface area (Å²) in [5.41, 5.74) is 3.22. The number of nitrogens with zero attached hydrogens (tertiary/aromatic N) is 3. The zero-order valence-corrected chi connectivity index (χ0v) is 19.2. The molecule has 0 atom stereocenters. The zero-order chi connectivity index (χ0) is 23.3. The number of halogens is 1. The molecule has 2 aromatic carbocycles. The van der Waals surface area contributed by atoms with Crippen LogP contribution in [0.15, 0.2) is 73.1 Å². The van der Waals surface area contributed by atoms with Crippen molar-refractivity contribution in [2.45, 2.75) is 24.9 Å². The number of benzene rings is 2. The van der Waals surface area contributed by atoms with Crippen LogP contribution < -0.4 is 4.74 Å². The van der Waals surface area contributed by atoms with Gasteiger partial charge in [0.25, 0.3) is 5.91 Å². The van der Waals surface area contributed by atoms with Gasteiger partial charge in [-0.15, -0.1) is 0 Å². The van der Waals surface area contributed by atoms with E-state index in [2.05, 4.69) is 0 Å². The lowest BCUT2D eigenvalue weighted by molar-refractivity contribution is -0.00570. The highest BCUT2D eigenvalue weighted by Gasteiger charge is 2.43. The average molecular weight is 472 g/mol. The number of ether oxygens (including phenoxy) is 1. The zero-order valence-electron chi connectivity index (χ0n) is 18.4. The Labute approximate surface area is 201 Å². The van der Waals surface area contributed by atoms with Crippen LogP contribution in [0.4, 0.5) is 0 Å². The Morgan fingerprint density at radius 1 is 1.03 bits per heavy atom. The number of aromatic nitrogens is 2. The van der Waals surface area contributed by atoms with Gasteiger partial charge in [-0.25, -0.2) is 4.98 Å². The van der Waals surface area contributed by atoms with Crippen LogP contribution >= 0.6 is 11.6 Å². The van der Waals surface area contributed by atoms with E-state index in [9.17, 15) is 9.59 Å². The minimum absolute atomic E-state index is 0.0315. The lowest BCUT2D eigenvalue weighted by atomic mass is 9.82. The Balaban J connectivity index is 1.18. The number of amides is 1. The van der Waals surface area contributed by atoms with Crippen molar-refractivity contribution in [2.75, 3.05) is 13.1 Å². The molecule has 6 nitrogen and oxygen atoms in total. The summed E-state index contributed by atoms with van der Waals surface area (Å²) < 4.78 is 8.22. The van der Waals surface area contributed by atoms with Crippen LogP contribution in [-0.2, 0) is 0 Å². The summed E-state index contributed by atoms with van der Waals surface area (Å²) in [4.78, 5) is 32.5. The third-order valence-corrected chi connectivity index (χ3v) is 7.02. The van der Waals surface area contributed by atoms with E-state index in [0.717, 1.165) is 16.9 Å². The molecule has 1 saturated heterocycles. The van der Waals surface area contributed by atoms with Crippen molar-refractivity contribution in [3.05, 3.63) is 89.2 Å². The number of ketones is 1. The van der Waals surface area contributed by atoms with Crippen molar-refractivity contribution in [1.29, 1.82) is 0 Å². The van der Waals surface area contributed by atoms with Crippen molar-refractivity contribution in [3.63, 3.8) is 0 Å². The molecule has 0 aliphatic carbocycles.